The van der Waals surface area contributed by atoms with Crippen molar-refractivity contribution in [1.29, 1.82) is 0 Å². The third-order valence-electron chi connectivity index (χ3n) is 9.32. The molecule has 1 unspecified atom stereocenters. The number of carbonyl (C=O) groups excluding carboxylic acids is 3. The van der Waals surface area contributed by atoms with Crippen molar-refractivity contribution in [2.45, 2.75) is 62.1 Å². The van der Waals surface area contributed by atoms with Gasteiger partial charge in [0.1, 0.15) is 12.1 Å². The molecule has 6 rings (SSSR count). The van der Waals surface area contributed by atoms with Gasteiger partial charge in [-0.25, -0.2) is 0 Å². The van der Waals surface area contributed by atoms with Gasteiger partial charge in [-0.3, -0.25) is 14.4 Å². The molecule has 0 bridgehead atoms. The highest BCUT2D eigenvalue weighted by Gasteiger charge is 2.45. The Morgan fingerprint density at radius 2 is 1.24 bits per heavy atom. The van der Waals surface area contributed by atoms with E-state index < -0.39 is 17.5 Å². The molecule has 3 fully saturated rings. The molecule has 7 nitrogen and oxygen atoms in total. The minimum atomic E-state index is -0.720. The lowest BCUT2D eigenvalue weighted by Gasteiger charge is -2.38. The Morgan fingerprint density at radius 1 is 0.714 bits per heavy atom. The fourth-order valence-electron chi connectivity index (χ4n) is 7.19. The summed E-state index contributed by atoms with van der Waals surface area (Å²) in [6.45, 7) is 2.76. The van der Waals surface area contributed by atoms with Crippen molar-refractivity contribution in [2.75, 3.05) is 26.2 Å². The van der Waals surface area contributed by atoms with Gasteiger partial charge in [-0.1, -0.05) is 91.0 Å². The van der Waals surface area contributed by atoms with Crippen LogP contribution in [-0.2, 0) is 19.8 Å². The first-order valence-corrected chi connectivity index (χ1v) is 15.4. The normalized spacial score (nSPS) is 22.3. The molecule has 0 aromatic heterocycles. The van der Waals surface area contributed by atoms with Gasteiger partial charge >= 0.3 is 0 Å². The summed E-state index contributed by atoms with van der Waals surface area (Å²) in [5, 5.41) is 6.42. The van der Waals surface area contributed by atoms with Crippen LogP contribution in [0.5, 0.6) is 0 Å². The molecule has 3 aromatic carbocycles. The second-order valence-electron chi connectivity index (χ2n) is 11.8. The molecular weight excluding hydrogens is 524 g/mol. The Balaban J connectivity index is 1.29. The summed E-state index contributed by atoms with van der Waals surface area (Å²) in [6.07, 6.45) is 3.97. The molecular formula is C35H40N4O3. The zero-order valence-corrected chi connectivity index (χ0v) is 24.1. The number of hydrogen-bond acceptors (Lipinski definition) is 4. The van der Waals surface area contributed by atoms with Crippen LogP contribution in [0.15, 0.2) is 91.0 Å². The van der Waals surface area contributed by atoms with E-state index in [9.17, 15) is 14.4 Å². The summed E-state index contributed by atoms with van der Waals surface area (Å²) < 4.78 is 0. The highest BCUT2D eigenvalue weighted by molar-refractivity contribution is 5.93. The fraction of sp³-hybridized carbons (Fsp3) is 0.400. The topological polar surface area (TPSA) is 81.8 Å². The van der Waals surface area contributed by atoms with Crippen LogP contribution < -0.4 is 10.6 Å². The van der Waals surface area contributed by atoms with E-state index in [1.54, 1.807) is 9.80 Å². The number of likely N-dealkylation sites (tertiary alicyclic amines) is 2. The lowest BCUT2D eigenvalue weighted by molar-refractivity contribution is -0.147. The zero-order valence-electron chi connectivity index (χ0n) is 24.1. The van der Waals surface area contributed by atoms with Crippen molar-refractivity contribution in [1.82, 2.24) is 20.4 Å². The molecule has 42 heavy (non-hydrogen) atoms. The highest BCUT2D eigenvalue weighted by Crippen LogP contribution is 2.43. The monoisotopic (exact) mass is 564 g/mol. The van der Waals surface area contributed by atoms with E-state index in [1.807, 2.05) is 54.6 Å². The molecule has 3 saturated heterocycles. The van der Waals surface area contributed by atoms with Crippen LogP contribution in [0.25, 0.3) is 0 Å². The molecule has 2 N–H and O–H groups in total. The Bertz CT molecular complexity index is 1280. The summed E-state index contributed by atoms with van der Waals surface area (Å²) in [6, 6.07) is 29.7. The largest absolute Gasteiger partial charge is 0.350 e. The van der Waals surface area contributed by atoms with Crippen molar-refractivity contribution >= 4 is 17.7 Å². The maximum absolute atomic E-state index is 14.4. The van der Waals surface area contributed by atoms with Gasteiger partial charge in [-0.2, -0.15) is 0 Å². The maximum Gasteiger partial charge on any atom is 0.246 e. The van der Waals surface area contributed by atoms with Crippen molar-refractivity contribution in [2.24, 2.45) is 0 Å². The van der Waals surface area contributed by atoms with E-state index in [2.05, 4.69) is 47.0 Å². The molecule has 218 valence electrons. The van der Waals surface area contributed by atoms with Gasteiger partial charge in [-0.05, 0) is 55.3 Å². The van der Waals surface area contributed by atoms with Crippen molar-refractivity contribution in [3.63, 3.8) is 0 Å². The number of amides is 3. The van der Waals surface area contributed by atoms with Crippen molar-refractivity contribution in [3.8, 4) is 0 Å². The quantitative estimate of drug-likeness (QED) is 0.407. The molecule has 3 aliphatic heterocycles. The molecule has 7 heteroatoms. The highest BCUT2D eigenvalue weighted by atomic mass is 16.2. The van der Waals surface area contributed by atoms with Crippen LogP contribution >= 0.6 is 0 Å². The van der Waals surface area contributed by atoms with E-state index in [1.165, 1.54) is 0 Å². The standard InChI is InChI=1S/C35H40N4O3/c40-32(24-35(26-12-4-1-5-13-26,27-14-6-2-7-15-27)28-16-8-3-9-17-28)38-22-11-19-31(38)34(42)39-23-10-18-30(39)33(41)37-29-20-21-36-25-29/h1-9,12-17,29-31,36H,10-11,18-25H2,(H,37,41)/t29?,30-,31+/m1/s1. The van der Waals surface area contributed by atoms with Crippen molar-refractivity contribution in [3.05, 3.63) is 108 Å². The first-order valence-electron chi connectivity index (χ1n) is 15.4. The van der Waals surface area contributed by atoms with Gasteiger partial charge in [0.25, 0.3) is 0 Å². The third-order valence-corrected chi connectivity index (χ3v) is 9.32. The van der Waals surface area contributed by atoms with E-state index in [0.29, 0.717) is 25.9 Å². The Hall–Kier alpha value is -3.97. The number of hydrogen-bond donors (Lipinski definition) is 2. The Kier molecular flexibility index (Phi) is 8.38. The summed E-state index contributed by atoms with van der Waals surface area (Å²) in [4.78, 5) is 45.2. The van der Waals surface area contributed by atoms with E-state index >= 15 is 0 Å². The number of rotatable bonds is 8. The lowest BCUT2D eigenvalue weighted by Crippen LogP contribution is -2.54. The Morgan fingerprint density at radius 3 is 1.76 bits per heavy atom. The average molecular weight is 565 g/mol. The minimum Gasteiger partial charge on any atom is -0.350 e. The summed E-state index contributed by atoms with van der Waals surface area (Å²) in [5.74, 6) is -0.200. The molecule has 3 aliphatic rings. The fourth-order valence-corrected chi connectivity index (χ4v) is 7.19. The third kappa shape index (κ3) is 5.45. The molecule has 0 saturated carbocycles. The average Bonchev–Trinajstić information content (AvgIpc) is 3.83. The number of carbonyl (C=O) groups is 3. The van der Waals surface area contributed by atoms with E-state index in [4.69, 9.17) is 0 Å². The predicted octanol–water partition coefficient (Wildman–Crippen LogP) is 3.87. The van der Waals surface area contributed by atoms with Crippen LogP contribution in [0, 0.1) is 0 Å². The molecule has 0 aliphatic carbocycles. The first-order chi connectivity index (χ1) is 20.6. The molecule has 0 spiro atoms. The molecule has 0 radical (unpaired) electrons. The van der Waals surface area contributed by atoms with Crippen molar-refractivity contribution < 1.29 is 14.4 Å². The SMILES string of the molecule is O=C(NC1CCNC1)[C@H]1CCCN1C(=O)[C@@H]1CCCN1C(=O)CC(c1ccccc1)(c1ccccc1)c1ccccc1. The van der Waals surface area contributed by atoms with Gasteiger partial charge in [0.15, 0.2) is 0 Å². The molecule has 3 heterocycles. The summed E-state index contributed by atoms with van der Waals surface area (Å²) in [7, 11) is 0. The molecule has 3 amide bonds. The van der Waals surface area contributed by atoms with Crippen LogP contribution in [0.4, 0.5) is 0 Å². The van der Waals surface area contributed by atoms with Gasteiger partial charge < -0.3 is 20.4 Å². The van der Waals surface area contributed by atoms with Gasteiger partial charge in [0.2, 0.25) is 17.7 Å². The van der Waals surface area contributed by atoms with Gasteiger partial charge in [-0.15, -0.1) is 0 Å². The molecule has 3 aromatic rings. The lowest BCUT2D eigenvalue weighted by atomic mass is 9.67. The first kappa shape index (κ1) is 28.2. The zero-order chi connectivity index (χ0) is 28.9. The second kappa shape index (κ2) is 12.5. The van der Waals surface area contributed by atoms with E-state index in [-0.39, 0.29) is 30.2 Å². The van der Waals surface area contributed by atoms with Crippen LogP contribution in [0.2, 0.25) is 0 Å². The number of nitrogens with zero attached hydrogens (tertiary/aromatic N) is 2. The maximum atomic E-state index is 14.4. The smallest absolute Gasteiger partial charge is 0.246 e. The molecule has 3 atom stereocenters. The summed E-state index contributed by atoms with van der Waals surface area (Å²) in [5.41, 5.74) is 2.39. The van der Waals surface area contributed by atoms with Gasteiger partial charge in [0.05, 0.1) is 5.41 Å². The minimum absolute atomic E-state index is 0.0420. The van der Waals surface area contributed by atoms with E-state index in [0.717, 1.165) is 49.0 Å². The number of benzene rings is 3. The second-order valence-corrected chi connectivity index (χ2v) is 11.8. The number of nitrogens with one attached hydrogen (secondary N) is 2. The van der Waals surface area contributed by atoms with Crippen LogP contribution in [0.1, 0.15) is 55.2 Å². The van der Waals surface area contributed by atoms with Gasteiger partial charge in [0, 0.05) is 32.1 Å². The summed E-state index contributed by atoms with van der Waals surface area (Å²) >= 11 is 0. The van der Waals surface area contributed by atoms with Crippen LogP contribution in [0.3, 0.4) is 0 Å². The van der Waals surface area contributed by atoms with Crippen LogP contribution in [-0.4, -0.2) is 71.8 Å². The Labute approximate surface area is 248 Å². The predicted molar refractivity (Wildman–Crippen MR) is 163 cm³/mol.